The van der Waals surface area contributed by atoms with Gasteiger partial charge in [-0.25, -0.2) is 9.59 Å². The van der Waals surface area contributed by atoms with E-state index in [1.54, 1.807) is 18.9 Å². The van der Waals surface area contributed by atoms with Crippen LogP contribution in [0.3, 0.4) is 0 Å². The summed E-state index contributed by atoms with van der Waals surface area (Å²) in [5, 5.41) is 9.35. The van der Waals surface area contributed by atoms with Gasteiger partial charge in [0.15, 0.2) is 0 Å². The number of hydrogen-bond acceptors (Lipinski definition) is 3. The number of nitrogens with zero attached hydrogens (tertiary/aromatic N) is 3. The van der Waals surface area contributed by atoms with Gasteiger partial charge in [-0.05, 0) is 26.2 Å². The lowest BCUT2D eigenvalue weighted by Crippen LogP contribution is -2.55. The highest BCUT2D eigenvalue weighted by Crippen LogP contribution is 2.30. The maximum Gasteiger partial charge on any atom is 0.329 e. The zero-order chi connectivity index (χ0) is 14.9. The molecule has 1 atom stereocenters. The van der Waals surface area contributed by atoms with E-state index in [4.69, 9.17) is 0 Å². The molecule has 7 nitrogen and oxygen atoms in total. The van der Waals surface area contributed by atoms with Gasteiger partial charge in [0.25, 0.3) is 0 Å². The summed E-state index contributed by atoms with van der Waals surface area (Å²) >= 11 is 0. The Kier molecular flexibility index (Phi) is 3.87. The summed E-state index contributed by atoms with van der Waals surface area (Å²) in [4.78, 5) is 40.3. The van der Waals surface area contributed by atoms with Crippen LogP contribution in [-0.2, 0) is 9.59 Å². The number of amides is 3. The first-order valence-corrected chi connectivity index (χ1v) is 6.90. The first-order valence-electron chi connectivity index (χ1n) is 6.90. The molecular formula is C13H21N3O4. The van der Waals surface area contributed by atoms with Crippen molar-refractivity contribution in [1.29, 1.82) is 0 Å². The molecule has 0 radical (unpaired) electrons. The van der Waals surface area contributed by atoms with Crippen molar-refractivity contribution in [2.24, 2.45) is 0 Å². The zero-order valence-electron chi connectivity index (χ0n) is 12.0. The van der Waals surface area contributed by atoms with Crippen molar-refractivity contribution in [1.82, 2.24) is 14.7 Å². The smallest absolute Gasteiger partial charge is 0.329 e. The molecular weight excluding hydrogens is 262 g/mol. The highest BCUT2D eigenvalue weighted by Gasteiger charge is 2.47. The second kappa shape index (κ2) is 5.30. The standard InChI is InChI=1S/C13H21N3O4/c1-13(11(18)19)5-3-8-16(13)12(20)15-7-4-6-14(2)10(17)9-15/h3-9H2,1-2H3,(H,18,19). The largest absolute Gasteiger partial charge is 0.480 e. The van der Waals surface area contributed by atoms with Gasteiger partial charge in [0.2, 0.25) is 5.91 Å². The van der Waals surface area contributed by atoms with Crippen LogP contribution in [0, 0.1) is 0 Å². The number of carboxylic acid groups (broad SMARTS) is 1. The van der Waals surface area contributed by atoms with Crippen LogP contribution in [0.2, 0.25) is 0 Å². The number of urea groups is 1. The van der Waals surface area contributed by atoms with E-state index in [0.29, 0.717) is 38.9 Å². The minimum absolute atomic E-state index is 0.0293. The van der Waals surface area contributed by atoms with Gasteiger partial charge < -0.3 is 19.8 Å². The predicted molar refractivity (Wildman–Crippen MR) is 71.2 cm³/mol. The number of carboxylic acids is 1. The molecule has 2 aliphatic heterocycles. The number of hydrogen-bond donors (Lipinski definition) is 1. The average Bonchev–Trinajstić information content (AvgIpc) is 2.71. The Morgan fingerprint density at radius 1 is 1.20 bits per heavy atom. The molecule has 0 spiro atoms. The first kappa shape index (κ1) is 14.6. The van der Waals surface area contributed by atoms with Crippen molar-refractivity contribution in [3.8, 4) is 0 Å². The van der Waals surface area contributed by atoms with Crippen LogP contribution in [0.1, 0.15) is 26.2 Å². The topological polar surface area (TPSA) is 81.2 Å². The molecule has 0 aromatic carbocycles. The highest BCUT2D eigenvalue weighted by molar-refractivity contribution is 5.89. The SMILES string of the molecule is CN1CCCN(C(=O)N2CCCC2(C)C(=O)O)CC1=O. The lowest BCUT2D eigenvalue weighted by molar-refractivity contribution is -0.147. The van der Waals surface area contributed by atoms with Crippen LogP contribution in [0.25, 0.3) is 0 Å². The molecule has 2 heterocycles. The van der Waals surface area contributed by atoms with Crippen molar-refractivity contribution in [2.45, 2.75) is 31.7 Å². The van der Waals surface area contributed by atoms with Gasteiger partial charge in [0, 0.05) is 26.7 Å². The van der Waals surface area contributed by atoms with E-state index in [-0.39, 0.29) is 18.5 Å². The van der Waals surface area contributed by atoms with Crippen LogP contribution in [0.4, 0.5) is 4.79 Å². The Bertz CT molecular complexity index is 439. The lowest BCUT2D eigenvalue weighted by Gasteiger charge is -2.35. The molecule has 1 unspecified atom stereocenters. The van der Waals surface area contributed by atoms with Crippen molar-refractivity contribution in [2.75, 3.05) is 33.2 Å². The van der Waals surface area contributed by atoms with Crippen molar-refractivity contribution >= 4 is 17.9 Å². The van der Waals surface area contributed by atoms with Gasteiger partial charge in [-0.3, -0.25) is 4.79 Å². The van der Waals surface area contributed by atoms with E-state index >= 15 is 0 Å². The fourth-order valence-electron chi connectivity index (χ4n) is 2.81. The highest BCUT2D eigenvalue weighted by atomic mass is 16.4. The zero-order valence-corrected chi connectivity index (χ0v) is 12.0. The van der Waals surface area contributed by atoms with Gasteiger partial charge in [-0.15, -0.1) is 0 Å². The van der Waals surface area contributed by atoms with E-state index in [1.807, 2.05) is 0 Å². The van der Waals surface area contributed by atoms with E-state index in [9.17, 15) is 19.5 Å². The monoisotopic (exact) mass is 283 g/mol. The minimum Gasteiger partial charge on any atom is -0.480 e. The fraction of sp³-hybridized carbons (Fsp3) is 0.769. The van der Waals surface area contributed by atoms with Gasteiger partial charge in [0.1, 0.15) is 12.1 Å². The van der Waals surface area contributed by atoms with E-state index in [0.717, 1.165) is 0 Å². The number of likely N-dealkylation sites (tertiary alicyclic amines) is 1. The molecule has 0 aromatic heterocycles. The van der Waals surface area contributed by atoms with Gasteiger partial charge in [-0.1, -0.05) is 0 Å². The third kappa shape index (κ3) is 2.44. The quantitative estimate of drug-likeness (QED) is 0.746. The van der Waals surface area contributed by atoms with E-state index in [2.05, 4.69) is 0 Å². The third-order valence-electron chi connectivity index (χ3n) is 4.28. The van der Waals surface area contributed by atoms with Crippen molar-refractivity contribution < 1.29 is 19.5 Å². The average molecular weight is 283 g/mol. The summed E-state index contributed by atoms with van der Waals surface area (Å²) < 4.78 is 0. The molecule has 0 bridgehead atoms. The number of carbonyl (C=O) groups excluding carboxylic acids is 2. The second-order valence-corrected chi connectivity index (χ2v) is 5.71. The van der Waals surface area contributed by atoms with Crippen molar-refractivity contribution in [3.63, 3.8) is 0 Å². The fourth-order valence-corrected chi connectivity index (χ4v) is 2.81. The number of rotatable bonds is 1. The Morgan fingerprint density at radius 3 is 2.55 bits per heavy atom. The molecule has 20 heavy (non-hydrogen) atoms. The number of carbonyl (C=O) groups is 3. The molecule has 0 aromatic rings. The molecule has 112 valence electrons. The molecule has 1 N–H and O–H groups in total. The number of likely N-dealkylation sites (N-methyl/N-ethyl adjacent to an activating group) is 1. The Hall–Kier alpha value is -1.79. The molecule has 3 amide bonds. The van der Waals surface area contributed by atoms with Gasteiger partial charge >= 0.3 is 12.0 Å². The molecule has 0 aliphatic carbocycles. The van der Waals surface area contributed by atoms with Crippen LogP contribution >= 0.6 is 0 Å². The van der Waals surface area contributed by atoms with E-state index < -0.39 is 11.5 Å². The molecule has 7 heteroatoms. The lowest BCUT2D eigenvalue weighted by atomic mass is 10.00. The Morgan fingerprint density at radius 2 is 1.90 bits per heavy atom. The van der Waals surface area contributed by atoms with Gasteiger partial charge in [0.05, 0.1) is 0 Å². The summed E-state index contributed by atoms with van der Waals surface area (Å²) in [6, 6.07) is -0.337. The van der Waals surface area contributed by atoms with E-state index in [1.165, 1.54) is 9.80 Å². The molecule has 2 fully saturated rings. The molecule has 2 rings (SSSR count). The Balaban J connectivity index is 2.14. The number of aliphatic carboxylic acids is 1. The second-order valence-electron chi connectivity index (χ2n) is 5.71. The summed E-state index contributed by atoms with van der Waals surface area (Å²) in [6.07, 6.45) is 1.84. The predicted octanol–water partition coefficient (Wildman–Crippen LogP) is 0.210. The summed E-state index contributed by atoms with van der Waals surface area (Å²) in [6.45, 7) is 3.15. The maximum absolute atomic E-state index is 12.5. The summed E-state index contributed by atoms with van der Waals surface area (Å²) in [7, 11) is 1.72. The van der Waals surface area contributed by atoms with Crippen molar-refractivity contribution in [3.05, 3.63) is 0 Å². The molecule has 0 saturated carbocycles. The van der Waals surface area contributed by atoms with Crippen LogP contribution in [0.5, 0.6) is 0 Å². The molecule has 2 aliphatic rings. The first-order chi connectivity index (χ1) is 9.36. The summed E-state index contributed by atoms with van der Waals surface area (Å²) in [5.41, 5.74) is -1.15. The summed E-state index contributed by atoms with van der Waals surface area (Å²) in [5.74, 6) is -1.09. The van der Waals surface area contributed by atoms with Gasteiger partial charge in [-0.2, -0.15) is 0 Å². The normalized spacial score (nSPS) is 27.7. The Labute approximate surface area is 118 Å². The maximum atomic E-state index is 12.5. The van der Waals surface area contributed by atoms with Crippen LogP contribution in [0.15, 0.2) is 0 Å². The molecule has 2 saturated heterocycles. The third-order valence-corrected chi connectivity index (χ3v) is 4.28. The minimum atomic E-state index is -1.15. The van der Waals surface area contributed by atoms with Crippen LogP contribution in [-0.4, -0.2) is 76.5 Å². The van der Waals surface area contributed by atoms with Crippen LogP contribution < -0.4 is 0 Å².